The van der Waals surface area contributed by atoms with Crippen molar-refractivity contribution in [2.45, 2.75) is 37.8 Å². The first-order valence-corrected chi connectivity index (χ1v) is 10.9. The van der Waals surface area contributed by atoms with Crippen LogP contribution in [0.4, 0.5) is 0 Å². The van der Waals surface area contributed by atoms with E-state index in [9.17, 15) is 13.2 Å². The topological polar surface area (TPSA) is 103 Å². The predicted octanol–water partition coefficient (Wildman–Crippen LogP) is -0.787. The van der Waals surface area contributed by atoms with Crippen molar-refractivity contribution in [2.24, 2.45) is 4.99 Å². The minimum Gasteiger partial charge on any atom is -0.376 e. The van der Waals surface area contributed by atoms with E-state index in [-0.39, 0.29) is 24.6 Å². The van der Waals surface area contributed by atoms with Crippen molar-refractivity contribution < 1.29 is 17.9 Å². The van der Waals surface area contributed by atoms with Crippen LogP contribution in [-0.2, 0) is 19.6 Å². The fourth-order valence-electron chi connectivity index (χ4n) is 3.14. The zero-order valence-electron chi connectivity index (χ0n) is 15.9. The Balaban J connectivity index is 1.93. The molecule has 0 aromatic carbocycles. The number of hydrogen-bond donors (Lipinski definition) is 2. The molecule has 0 aromatic rings. The highest BCUT2D eigenvalue weighted by Gasteiger charge is 2.31. The van der Waals surface area contributed by atoms with E-state index in [0.717, 1.165) is 32.3 Å². The first kappa shape index (κ1) is 20.9. The van der Waals surface area contributed by atoms with Gasteiger partial charge in [-0.25, -0.2) is 13.4 Å². The smallest absolute Gasteiger partial charge is 0.243 e. The Morgan fingerprint density at radius 1 is 1.23 bits per heavy atom. The molecule has 2 heterocycles. The second-order valence-electron chi connectivity index (χ2n) is 7.02. The number of nitrogens with one attached hydrogen (secondary N) is 2. The number of carbonyl (C=O) groups excluding carboxylic acids is 1. The van der Waals surface area contributed by atoms with Crippen LogP contribution in [0.5, 0.6) is 0 Å². The molecule has 0 aromatic heterocycles. The molecule has 2 aliphatic rings. The largest absolute Gasteiger partial charge is 0.376 e. The number of sulfonamides is 1. The minimum atomic E-state index is -3.21. The van der Waals surface area contributed by atoms with Gasteiger partial charge in [-0.05, 0) is 25.7 Å². The summed E-state index contributed by atoms with van der Waals surface area (Å²) in [6.45, 7) is 2.44. The molecule has 26 heavy (non-hydrogen) atoms. The lowest BCUT2D eigenvalue weighted by Gasteiger charge is -2.24. The van der Waals surface area contributed by atoms with Crippen molar-refractivity contribution in [3.8, 4) is 0 Å². The highest BCUT2D eigenvalue weighted by molar-refractivity contribution is 7.88. The third-order valence-electron chi connectivity index (χ3n) is 4.65. The molecule has 150 valence electrons. The lowest BCUT2D eigenvalue weighted by molar-refractivity contribution is -0.127. The number of hydrogen-bond acceptors (Lipinski definition) is 5. The summed E-state index contributed by atoms with van der Waals surface area (Å²) < 4.78 is 30.9. The third kappa shape index (κ3) is 6.40. The number of guanidine groups is 1. The number of carbonyl (C=O) groups is 1. The van der Waals surface area contributed by atoms with Gasteiger partial charge in [-0.1, -0.05) is 0 Å². The van der Waals surface area contributed by atoms with Gasteiger partial charge < -0.3 is 20.3 Å². The summed E-state index contributed by atoms with van der Waals surface area (Å²) in [5, 5.41) is 6.40. The van der Waals surface area contributed by atoms with Crippen LogP contribution >= 0.6 is 0 Å². The number of nitrogens with zero attached hydrogens (tertiary/aromatic N) is 3. The van der Waals surface area contributed by atoms with Gasteiger partial charge in [0.25, 0.3) is 0 Å². The molecule has 9 nitrogen and oxygen atoms in total. The molecule has 10 heteroatoms. The van der Waals surface area contributed by atoms with E-state index in [1.807, 2.05) is 0 Å². The molecule has 0 radical (unpaired) electrons. The second kappa shape index (κ2) is 9.52. The van der Waals surface area contributed by atoms with E-state index in [1.165, 1.54) is 15.5 Å². The summed E-state index contributed by atoms with van der Waals surface area (Å²) in [5.41, 5.74) is 0. The summed E-state index contributed by atoms with van der Waals surface area (Å²) in [6.07, 6.45) is 5.11. The van der Waals surface area contributed by atoms with Crippen molar-refractivity contribution in [3.63, 3.8) is 0 Å². The van der Waals surface area contributed by atoms with Crippen LogP contribution in [0.25, 0.3) is 0 Å². The van der Waals surface area contributed by atoms with Crippen LogP contribution in [0.2, 0.25) is 0 Å². The van der Waals surface area contributed by atoms with E-state index in [4.69, 9.17) is 4.74 Å². The molecule has 0 bridgehead atoms. The molecule has 2 aliphatic heterocycles. The van der Waals surface area contributed by atoms with Crippen LogP contribution in [0, 0.1) is 0 Å². The number of aliphatic imine (C=N–C) groups is 1. The van der Waals surface area contributed by atoms with E-state index < -0.39 is 10.0 Å². The molecule has 2 rings (SSSR count). The van der Waals surface area contributed by atoms with Crippen LogP contribution in [0.3, 0.4) is 0 Å². The molecule has 2 saturated heterocycles. The standard InChI is InChI=1S/C16H31N5O4S/c1-20(2)15(22)12-19-16(18-11-14-7-5-9-25-14)17-10-13-6-4-8-21(13)26(3,23)24/h13-14H,4-12H2,1-3H3,(H2,17,18,19)/t13-,14?/m1/s1. The molecule has 1 unspecified atom stereocenters. The van der Waals surface area contributed by atoms with Gasteiger partial charge in [0.1, 0.15) is 6.54 Å². The SMILES string of the molecule is CN(C)C(=O)CN=C(NCC1CCCO1)NC[C@H]1CCCN1S(C)(=O)=O. The minimum absolute atomic E-state index is 0.0360. The maximum absolute atomic E-state index is 11.9. The fourth-order valence-corrected chi connectivity index (χ4v) is 4.32. The first-order valence-electron chi connectivity index (χ1n) is 9.08. The maximum atomic E-state index is 11.9. The zero-order chi connectivity index (χ0) is 19.2. The van der Waals surface area contributed by atoms with Crippen molar-refractivity contribution in [2.75, 3.05) is 53.1 Å². The Morgan fingerprint density at radius 3 is 2.58 bits per heavy atom. The molecular formula is C16H31N5O4S. The average molecular weight is 390 g/mol. The number of likely N-dealkylation sites (N-methyl/N-ethyl adjacent to an activating group) is 1. The zero-order valence-corrected chi connectivity index (χ0v) is 16.7. The predicted molar refractivity (Wildman–Crippen MR) is 101 cm³/mol. The molecule has 2 atom stereocenters. The van der Waals surface area contributed by atoms with Gasteiger partial charge in [-0.2, -0.15) is 4.31 Å². The molecule has 0 spiro atoms. The number of ether oxygens (including phenoxy) is 1. The van der Waals surface area contributed by atoms with Crippen LogP contribution in [-0.4, -0.2) is 94.8 Å². The van der Waals surface area contributed by atoms with Gasteiger partial charge in [-0.15, -0.1) is 0 Å². The Bertz CT molecular complexity index is 602. The highest BCUT2D eigenvalue weighted by atomic mass is 32.2. The van der Waals surface area contributed by atoms with Gasteiger partial charge in [0.05, 0.1) is 12.4 Å². The van der Waals surface area contributed by atoms with Crippen molar-refractivity contribution in [1.29, 1.82) is 0 Å². The van der Waals surface area contributed by atoms with Crippen LogP contribution < -0.4 is 10.6 Å². The van der Waals surface area contributed by atoms with Gasteiger partial charge in [0, 0.05) is 46.4 Å². The molecule has 0 saturated carbocycles. The van der Waals surface area contributed by atoms with E-state index in [1.54, 1.807) is 14.1 Å². The lowest BCUT2D eigenvalue weighted by Crippen LogP contribution is -2.47. The Morgan fingerprint density at radius 2 is 1.96 bits per heavy atom. The number of amides is 1. The van der Waals surface area contributed by atoms with Crippen molar-refractivity contribution in [3.05, 3.63) is 0 Å². The fraction of sp³-hybridized carbons (Fsp3) is 0.875. The second-order valence-corrected chi connectivity index (χ2v) is 8.95. The molecule has 1 amide bonds. The summed E-state index contributed by atoms with van der Waals surface area (Å²) in [7, 11) is 0.166. The lowest BCUT2D eigenvalue weighted by atomic mass is 10.2. The van der Waals surface area contributed by atoms with Gasteiger partial charge >= 0.3 is 0 Å². The van der Waals surface area contributed by atoms with Crippen LogP contribution in [0.1, 0.15) is 25.7 Å². The average Bonchev–Trinajstić information content (AvgIpc) is 3.24. The van der Waals surface area contributed by atoms with Crippen molar-refractivity contribution in [1.82, 2.24) is 19.8 Å². The van der Waals surface area contributed by atoms with Gasteiger partial charge in [0.2, 0.25) is 15.9 Å². The van der Waals surface area contributed by atoms with Crippen molar-refractivity contribution >= 4 is 21.9 Å². The molecular weight excluding hydrogens is 358 g/mol. The summed E-state index contributed by atoms with van der Waals surface area (Å²) >= 11 is 0. The summed E-state index contributed by atoms with van der Waals surface area (Å²) in [5.74, 6) is 0.415. The molecule has 0 aliphatic carbocycles. The van der Waals surface area contributed by atoms with E-state index in [2.05, 4.69) is 15.6 Å². The summed E-state index contributed by atoms with van der Waals surface area (Å²) in [6, 6.07) is -0.0933. The molecule has 2 N–H and O–H groups in total. The monoisotopic (exact) mass is 389 g/mol. The highest BCUT2D eigenvalue weighted by Crippen LogP contribution is 2.19. The van der Waals surface area contributed by atoms with E-state index in [0.29, 0.717) is 25.6 Å². The third-order valence-corrected chi connectivity index (χ3v) is 5.98. The maximum Gasteiger partial charge on any atom is 0.243 e. The Hall–Kier alpha value is -1.39. The normalized spacial score (nSPS) is 24.7. The quantitative estimate of drug-likeness (QED) is 0.437. The van der Waals surface area contributed by atoms with Gasteiger partial charge in [-0.3, -0.25) is 4.79 Å². The first-order chi connectivity index (χ1) is 12.3. The van der Waals surface area contributed by atoms with Gasteiger partial charge in [0.15, 0.2) is 5.96 Å². The Labute approximate surface area is 156 Å². The molecule has 2 fully saturated rings. The van der Waals surface area contributed by atoms with Crippen LogP contribution in [0.15, 0.2) is 4.99 Å². The number of rotatable bonds is 7. The Kier molecular flexibility index (Phi) is 7.66. The van der Waals surface area contributed by atoms with E-state index >= 15 is 0 Å². The summed E-state index contributed by atoms with van der Waals surface area (Å²) in [4.78, 5) is 17.6.